The molecule has 1 aliphatic rings. The van der Waals surface area contributed by atoms with Gasteiger partial charge in [-0.05, 0) is 17.9 Å². The maximum Gasteiger partial charge on any atom is 0.289 e. The molecule has 2 aromatic heterocycles. The monoisotopic (exact) mass is 371 g/mol. The number of nitrogens with zero attached hydrogens (tertiary/aromatic N) is 1. The molecule has 0 saturated carbocycles. The van der Waals surface area contributed by atoms with Gasteiger partial charge in [0.15, 0.2) is 9.84 Å². The number of hydrogen-bond donors (Lipinski definition) is 2. The van der Waals surface area contributed by atoms with Gasteiger partial charge in [-0.15, -0.1) is 22.7 Å². The molecule has 0 aliphatic carbocycles. The van der Waals surface area contributed by atoms with Crippen LogP contribution in [-0.4, -0.2) is 36.7 Å². The van der Waals surface area contributed by atoms with Gasteiger partial charge >= 0.3 is 0 Å². The molecule has 0 spiro atoms. The molecule has 3 heterocycles. The maximum atomic E-state index is 12.0. The van der Waals surface area contributed by atoms with Crippen molar-refractivity contribution in [2.24, 2.45) is 5.92 Å². The van der Waals surface area contributed by atoms with Crippen molar-refractivity contribution in [3.63, 3.8) is 0 Å². The fourth-order valence-electron chi connectivity index (χ4n) is 2.18. The Bertz CT molecular complexity index is 827. The minimum atomic E-state index is -3.14. The summed E-state index contributed by atoms with van der Waals surface area (Å²) in [5, 5.41) is 4.27. The number of carbonyl (C=O) groups is 2. The van der Waals surface area contributed by atoms with E-state index < -0.39 is 27.6 Å². The Morgan fingerprint density at radius 3 is 2.74 bits per heavy atom. The number of hydrogen-bond acceptors (Lipinski definition) is 7. The van der Waals surface area contributed by atoms with Crippen LogP contribution in [0.4, 0.5) is 0 Å². The van der Waals surface area contributed by atoms with E-state index in [9.17, 15) is 18.0 Å². The zero-order valence-corrected chi connectivity index (χ0v) is 14.3. The lowest BCUT2D eigenvalue weighted by Crippen LogP contribution is -2.45. The fraction of sp³-hybridized carbons (Fsp3) is 0.308. The minimum absolute atomic E-state index is 0.00922. The molecule has 1 fully saturated rings. The standard InChI is InChI=1S/C13H13N3O4S3/c17-11(8-3-5-23(19,20)7-8)15-16-12(18)9-6-22-13(14-9)10-2-1-4-21-10/h1-2,4,6,8H,3,5,7H2,(H,15,17)(H,16,18). The van der Waals surface area contributed by atoms with Gasteiger partial charge in [0, 0.05) is 5.38 Å². The van der Waals surface area contributed by atoms with Crippen LogP contribution in [0, 0.1) is 5.92 Å². The van der Waals surface area contributed by atoms with Crippen molar-refractivity contribution in [1.82, 2.24) is 15.8 Å². The molecule has 2 N–H and O–H groups in total. The van der Waals surface area contributed by atoms with Gasteiger partial charge in [0.2, 0.25) is 5.91 Å². The highest BCUT2D eigenvalue weighted by atomic mass is 32.2. The number of thiophene rings is 1. The Labute approximate surface area is 140 Å². The summed E-state index contributed by atoms with van der Waals surface area (Å²) in [7, 11) is -3.14. The topological polar surface area (TPSA) is 105 Å². The Morgan fingerprint density at radius 2 is 2.09 bits per heavy atom. The van der Waals surface area contributed by atoms with Gasteiger partial charge in [0.1, 0.15) is 10.7 Å². The van der Waals surface area contributed by atoms with E-state index in [2.05, 4.69) is 15.8 Å². The summed E-state index contributed by atoms with van der Waals surface area (Å²) in [4.78, 5) is 29.0. The first kappa shape index (κ1) is 16.1. The molecule has 10 heteroatoms. The molecule has 2 amide bonds. The fourth-order valence-corrected chi connectivity index (χ4v) is 5.53. The highest BCUT2D eigenvalue weighted by molar-refractivity contribution is 7.91. The highest BCUT2D eigenvalue weighted by Gasteiger charge is 2.33. The van der Waals surface area contributed by atoms with E-state index in [1.165, 1.54) is 22.7 Å². The van der Waals surface area contributed by atoms with Crippen molar-refractivity contribution in [3.8, 4) is 9.88 Å². The Kier molecular flexibility index (Phi) is 4.46. The Hall–Kier alpha value is -1.78. The lowest BCUT2D eigenvalue weighted by atomic mass is 10.1. The van der Waals surface area contributed by atoms with E-state index in [-0.39, 0.29) is 23.6 Å². The zero-order valence-electron chi connectivity index (χ0n) is 11.8. The second kappa shape index (κ2) is 6.38. The van der Waals surface area contributed by atoms with E-state index >= 15 is 0 Å². The first-order chi connectivity index (χ1) is 10.9. The smallest absolute Gasteiger partial charge is 0.273 e. The third kappa shape index (κ3) is 3.77. The highest BCUT2D eigenvalue weighted by Crippen LogP contribution is 2.27. The van der Waals surface area contributed by atoms with E-state index in [1.54, 1.807) is 5.38 Å². The summed E-state index contributed by atoms with van der Waals surface area (Å²) in [6.45, 7) is 0. The first-order valence-corrected chi connectivity index (χ1v) is 10.3. The summed E-state index contributed by atoms with van der Waals surface area (Å²) in [6.07, 6.45) is 0.281. The van der Waals surface area contributed by atoms with Crippen molar-refractivity contribution < 1.29 is 18.0 Å². The number of nitrogens with one attached hydrogen (secondary N) is 2. The van der Waals surface area contributed by atoms with Crippen LogP contribution in [0.25, 0.3) is 9.88 Å². The molecule has 1 unspecified atom stereocenters. The number of carbonyl (C=O) groups excluding carboxylic acids is 2. The second-order valence-corrected chi connectivity index (χ2v) is 9.09. The lowest BCUT2D eigenvalue weighted by Gasteiger charge is -2.09. The van der Waals surface area contributed by atoms with Gasteiger partial charge in [0.25, 0.3) is 5.91 Å². The molecule has 23 heavy (non-hydrogen) atoms. The van der Waals surface area contributed by atoms with E-state index in [0.29, 0.717) is 0 Å². The van der Waals surface area contributed by atoms with Crippen molar-refractivity contribution >= 4 is 44.3 Å². The van der Waals surface area contributed by atoms with Crippen LogP contribution in [0.1, 0.15) is 16.9 Å². The summed E-state index contributed by atoms with van der Waals surface area (Å²) >= 11 is 2.87. The molecule has 0 aromatic carbocycles. The van der Waals surface area contributed by atoms with Crippen molar-refractivity contribution in [3.05, 3.63) is 28.6 Å². The third-order valence-electron chi connectivity index (χ3n) is 3.37. The van der Waals surface area contributed by atoms with E-state index in [0.717, 1.165) is 9.88 Å². The largest absolute Gasteiger partial charge is 0.289 e. The van der Waals surface area contributed by atoms with Gasteiger partial charge in [-0.3, -0.25) is 20.4 Å². The molecule has 0 radical (unpaired) electrons. The third-order valence-corrected chi connectivity index (χ3v) is 7.02. The van der Waals surface area contributed by atoms with Crippen LogP contribution in [0.2, 0.25) is 0 Å². The molecule has 3 rings (SSSR count). The summed E-state index contributed by atoms with van der Waals surface area (Å²) in [5.74, 6) is -1.80. The molecule has 1 atom stereocenters. The van der Waals surface area contributed by atoms with E-state index in [1.807, 2.05) is 17.5 Å². The SMILES string of the molecule is O=C(NNC(=O)C1CCS(=O)(=O)C1)c1csc(-c2cccs2)n1. The van der Waals surface area contributed by atoms with Gasteiger partial charge in [0.05, 0.1) is 22.3 Å². The molecular weight excluding hydrogens is 358 g/mol. The summed E-state index contributed by atoms with van der Waals surface area (Å²) < 4.78 is 22.7. The minimum Gasteiger partial charge on any atom is -0.273 e. The van der Waals surface area contributed by atoms with Gasteiger partial charge in [-0.1, -0.05) is 6.07 Å². The Balaban J connectivity index is 1.57. The van der Waals surface area contributed by atoms with Gasteiger partial charge in [-0.2, -0.15) is 0 Å². The van der Waals surface area contributed by atoms with Gasteiger partial charge < -0.3 is 0 Å². The van der Waals surface area contributed by atoms with Crippen LogP contribution >= 0.6 is 22.7 Å². The molecule has 7 nitrogen and oxygen atoms in total. The zero-order chi connectivity index (χ0) is 16.4. The number of aromatic nitrogens is 1. The quantitative estimate of drug-likeness (QED) is 0.785. The van der Waals surface area contributed by atoms with Crippen LogP contribution < -0.4 is 10.9 Å². The molecule has 2 aromatic rings. The number of thiazole rings is 1. The van der Waals surface area contributed by atoms with Crippen LogP contribution in [-0.2, 0) is 14.6 Å². The van der Waals surface area contributed by atoms with Gasteiger partial charge in [-0.25, -0.2) is 13.4 Å². The number of sulfone groups is 1. The predicted molar refractivity (Wildman–Crippen MR) is 87.8 cm³/mol. The van der Waals surface area contributed by atoms with Crippen molar-refractivity contribution in [1.29, 1.82) is 0 Å². The second-order valence-electron chi connectivity index (χ2n) is 5.06. The van der Waals surface area contributed by atoms with Crippen molar-refractivity contribution in [2.45, 2.75) is 6.42 Å². The Morgan fingerprint density at radius 1 is 1.26 bits per heavy atom. The summed E-state index contributed by atoms with van der Waals surface area (Å²) in [5.41, 5.74) is 4.75. The van der Waals surface area contributed by atoms with E-state index in [4.69, 9.17) is 0 Å². The first-order valence-electron chi connectivity index (χ1n) is 6.74. The molecular formula is C13H13N3O4S3. The van der Waals surface area contributed by atoms with Crippen LogP contribution in [0.3, 0.4) is 0 Å². The predicted octanol–water partition coefficient (Wildman–Crippen LogP) is 1.07. The average Bonchev–Trinajstić information content (AvgIpc) is 3.23. The molecule has 1 aliphatic heterocycles. The normalized spacial score (nSPS) is 19.4. The van der Waals surface area contributed by atoms with Crippen LogP contribution in [0.5, 0.6) is 0 Å². The molecule has 0 bridgehead atoms. The molecule has 122 valence electrons. The maximum absolute atomic E-state index is 12.0. The average molecular weight is 371 g/mol. The van der Waals surface area contributed by atoms with Crippen molar-refractivity contribution in [2.75, 3.05) is 11.5 Å². The van der Waals surface area contributed by atoms with Crippen LogP contribution in [0.15, 0.2) is 22.9 Å². The molecule has 1 saturated heterocycles. The number of hydrazine groups is 1. The number of rotatable bonds is 3. The number of amides is 2. The lowest BCUT2D eigenvalue weighted by molar-refractivity contribution is -0.125. The summed E-state index contributed by atoms with van der Waals surface area (Å²) in [6, 6.07) is 3.81.